The molecule has 0 amide bonds. The van der Waals surface area contributed by atoms with Crippen LogP contribution in [0.1, 0.15) is 5.69 Å². The molecule has 1 aromatic carbocycles. The monoisotopic (exact) mass is 235 g/mol. The normalized spacial score (nSPS) is 10.5. The molecule has 1 aromatic heterocycles. The largest absolute Gasteiger partial charge is 0.493 e. The van der Waals surface area contributed by atoms with Crippen LogP contribution < -0.4 is 10.5 Å². The van der Waals surface area contributed by atoms with Crippen LogP contribution in [0.25, 0.3) is 0 Å². The summed E-state index contributed by atoms with van der Waals surface area (Å²) in [6.45, 7) is 0.444. The molecule has 2 aromatic rings. The molecular formula is C12H14FN3O. The molecule has 90 valence electrons. The van der Waals surface area contributed by atoms with Crippen molar-refractivity contribution in [3.63, 3.8) is 0 Å². The van der Waals surface area contributed by atoms with Gasteiger partial charge in [-0.15, -0.1) is 0 Å². The number of aromatic nitrogens is 2. The predicted molar refractivity (Wildman–Crippen MR) is 63.2 cm³/mol. The number of nitrogens with zero attached hydrogens (tertiary/aromatic N) is 2. The molecule has 0 aliphatic rings. The van der Waals surface area contributed by atoms with Crippen LogP contribution in [0.2, 0.25) is 0 Å². The van der Waals surface area contributed by atoms with Gasteiger partial charge in [0.15, 0.2) is 0 Å². The summed E-state index contributed by atoms with van der Waals surface area (Å²) in [6, 6.07) is 7.87. The van der Waals surface area contributed by atoms with Crippen molar-refractivity contribution in [1.29, 1.82) is 0 Å². The number of rotatable bonds is 4. The molecule has 0 aliphatic carbocycles. The number of anilines is 1. The van der Waals surface area contributed by atoms with E-state index in [9.17, 15) is 4.39 Å². The highest BCUT2D eigenvalue weighted by atomic mass is 19.1. The Morgan fingerprint density at radius 2 is 2.24 bits per heavy atom. The lowest BCUT2D eigenvalue weighted by atomic mass is 10.3. The Kier molecular flexibility index (Phi) is 3.27. The summed E-state index contributed by atoms with van der Waals surface area (Å²) >= 11 is 0. The van der Waals surface area contributed by atoms with Gasteiger partial charge in [0.05, 0.1) is 12.3 Å². The standard InChI is InChI=1S/C12H14FN3O/c1-16-12(14)8-10(15-16)5-6-17-11-4-2-3-9(13)7-11/h2-4,7-8H,5-6,14H2,1H3. The van der Waals surface area contributed by atoms with Crippen LogP contribution in [-0.2, 0) is 13.5 Å². The van der Waals surface area contributed by atoms with E-state index < -0.39 is 0 Å². The average Bonchev–Trinajstić information content (AvgIpc) is 2.58. The number of halogens is 1. The highest BCUT2D eigenvalue weighted by Gasteiger charge is 2.02. The summed E-state index contributed by atoms with van der Waals surface area (Å²) in [5.41, 5.74) is 6.52. The first-order chi connectivity index (χ1) is 8.15. The number of hydrogen-bond acceptors (Lipinski definition) is 3. The fourth-order valence-corrected chi connectivity index (χ4v) is 1.50. The molecule has 5 heteroatoms. The van der Waals surface area contributed by atoms with E-state index in [0.717, 1.165) is 5.69 Å². The molecule has 4 nitrogen and oxygen atoms in total. The van der Waals surface area contributed by atoms with Gasteiger partial charge in [0.2, 0.25) is 0 Å². The summed E-state index contributed by atoms with van der Waals surface area (Å²) in [5.74, 6) is 0.837. The quantitative estimate of drug-likeness (QED) is 0.878. The zero-order valence-corrected chi connectivity index (χ0v) is 9.56. The Balaban J connectivity index is 1.87. The van der Waals surface area contributed by atoms with Crippen LogP contribution in [0.3, 0.4) is 0 Å². The number of nitrogen functional groups attached to an aromatic ring is 1. The first kappa shape index (κ1) is 11.4. The van der Waals surface area contributed by atoms with Gasteiger partial charge in [-0.3, -0.25) is 4.68 Å². The molecule has 0 fully saturated rings. The molecule has 0 radical (unpaired) electrons. The van der Waals surface area contributed by atoms with Gasteiger partial charge in [-0.2, -0.15) is 5.10 Å². The zero-order valence-electron chi connectivity index (χ0n) is 9.56. The van der Waals surface area contributed by atoms with Crippen molar-refractivity contribution in [3.8, 4) is 5.75 Å². The van der Waals surface area contributed by atoms with Gasteiger partial charge in [-0.25, -0.2) is 4.39 Å². The van der Waals surface area contributed by atoms with Gasteiger partial charge in [0.25, 0.3) is 0 Å². The van der Waals surface area contributed by atoms with E-state index in [1.54, 1.807) is 29.9 Å². The molecule has 0 spiro atoms. The minimum atomic E-state index is -0.301. The summed E-state index contributed by atoms with van der Waals surface area (Å²) in [4.78, 5) is 0. The summed E-state index contributed by atoms with van der Waals surface area (Å²) in [6.07, 6.45) is 0.640. The molecule has 0 aliphatic heterocycles. The Hall–Kier alpha value is -2.04. The van der Waals surface area contributed by atoms with Gasteiger partial charge < -0.3 is 10.5 Å². The third-order valence-corrected chi connectivity index (χ3v) is 2.39. The second-order valence-electron chi connectivity index (χ2n) is 3.74. The topological polar surface area (TPSA) is 53.1 Å². The lowest BCUT2D eigenvalue weighted by Gasteiger charge is -2.04. The molecular weight excluding hydrogens is 221 g/mol. The van der Waals surface area contributed by atoms with Crippen molar-refractivity contribution in [2.75, 3.05) is 12.3 Å². The van der Waals surface area contributed by atoms with Gasteiger partial charge >= 0.3 is 0 Å². The van der Waals surface area contributed by atoms with E-state index >= 15 is 0 Å². The van der Waals surface area contributed by atoms with Crippen molar-refractivity contribution in [2.45, 2.75) is 6.42 Å². The fourth-order valence-electron chi connectivity index (χ4n) is 1.50. The first-order valence-corrected chi connectivity index (χ1v) is 5.32. The maximum atomic E-state index is 12.9. The smallest absolute Gasteiger partial charge is 0.126 e. The third kappa shape index (κ3) is 2.96. The van der Waals surface area contributed by atoms with E-state index in [-0.39, 0.29) is 5.82 Å². The minimum absolute atomic E-state index is 0.301. The van der Waals surface area contributed by atoms with Gasteiger partial charge in [0.1, 0.15) is 17.4 Å². The fraction of sp³-hybridized carbons (Fsp3) is 0.250. The molecule has 17 heavy (non-hydrogen) atoms. The maximum Gasteiger partial charge on any atom is 0.126 e. The molecule has 0 saturated carbocycles. The molecule has 2 rings (SSSR count). The number of ether oxygens (including phenoxy) is 1. The molecule has 2 N–H and O–H groups in total. The van der Waals surface area contributed by atoms with E-state index in [1.807, 2.05) is 0 Å². The van der Waals surface area contributed by atoms with Crippen LogP contribution in [0, 0.1) is 5.82 Å². The van der Waals surface area contributed by atoms with Crippen molar-refractivity contribution in [2.24, 2.45) is 7.05 Å². The van der Waals surface area contributed by atoms with Gasteiger partial charge in [-0.05, 0) is 12.1 Å². The second kappa shape index (κ2) is 4.86. The van der Waals surface area contributed by atoms with Crippen molar-refractivity contribution in [3.05, 3.63) is 41.8 Å². The molecule has 0 saturated heterocycles. The lowest BCUT2D eigenvalue weighted by molar-refractivity contribution is 0.318. The molecule has 0 bridgehead atoms. The van der Waals surface area contributed by atoms with Gasteiger partial charge in [0, 0.05) is 25.6 Å². The van der Waals surface area contributed by atoms with Crippen LogP contribution in [0.4, 0.5) is 10.2 Å². The summed E-state index contributed by atoms with van der Waals surface area (Å²) in [5, 5.41) is 4.20. The molecule has 0 unspecified atom stereocenters. The van der Waals surface area contributed by atoms with Crippen molar-refractivity contribution < 1.29 is 9.13 Å². The van der Waals surface area contributed by atoms with Crippen LogP contribution in [0.5, 0.6) is 5.75 Å². The SMILES string of the molecule is Cn1nc(CCOc2cccc(F)c2)cc1N. The second-order valence-corrected chi connectivity index (χ2v) is 3.74. The van der Waals surface area contributed by atoms with Crippen molar-refractivity contribution >= 4 is 5.82 Å². The molecule has 0 atom stereocenters. The van der Waals surface area contributed by atoms with E-state index in [2.05, 4.69) is 5.10 Å². The summed E-state index contributed by atoms with van der Waals surface area (Å²) in [7, 11) is 1.78. The van der Waals surface area contributed by atoms with Gasteiger partial charge in [-0.1, -0.05) is 6.07 Å². The third-order valence-electron chi connectivity index (χ3n) is 2.39. The Labute approximate surface area is 98.8 Å². The molecule has 1 heterocycles. The number of aryl methyl sites for hydroxylation is 1. The first-order valence-electron chi connectivity index (χ1n) is 5.32. The highest BCUT2D eigenvalue weighted by Crippen LogP contribution is 2.12. The Bertz CT molecular complexity index is 491. The van der Waals surface area contributed by atoms with E-state index in [0.29, 0.717) is 24.6 Å². The number of nitrogens with two attached hydrogens (primary N) is 1. The maximum absolute atomic E-state index is 12.9. The number of hydrogen-bond donors (Lipinski definition) is 1. The van der Waals surface area contributed by atoms with Crippen molar-refractivity contribution in [1.82, 2.24) is 9.78 Å². The minimum Gasteiger partial charge on any atom is -0.493 e. The Morgan fingerprint density at radius 3 is 2.88 bits per heavy atom. The average molecular weight is 235 g/mol. The lowest BCUT2D eigenvalue weighted by Crippen LogP contribution is -2.02. The highest BCUT2D eigenvalue weighted by molar-refractivity contribution is 5.30. The van der Waals surface area contributed by atoms with Crippen LogP contribution in [-0.4, -0.2) is 16.4 Å². The summed E-state index contributed by atoms with van der Waals surface area (Å²) < 4.78 is 19.9. The van der Waals surface area contributed by atoms with E-state index in [1.165, 1.54) is 12.1 Å². The zero-order chi connectivity index (χ0) is 12.3. The van der Waals surface area contributed by atoms with Crippen LogP contribution in [0.15, 0.2) is 30.3 Å². The number of benzene rings is 1. The van der Waals surface area contributed by atoms with E-state index in [4.69, 9.17) is 10.5 Å². The van der Waals surface area contributed by atoms with Crippen LogP contribution >= 0.6 is 0 Å². The Morgan fingerprint density at radius 1 is 1.41 bits per heavy atom. The predicted octanol–water partition coefficient (Wildman–Crippen LogP) is 1.76.